The van der Waals surface area contributed by atoms with Crippen molar-refractivity contribution in [1.29, 1.82) is 0 Å². The Kier molecular flexibility index (Phi) is 3.24. The van der Waals surface area contributed by atoms with Gasteiger partial charge in [-0.3, -0.25) is 14.5 Å². The Morgan fingerprint density at radius 3 is 2.89 bits per heavy atom. The zero-order valence-electron chi connectivity index (χ0n) is 10.8. The molecule has 3 rings (SSSR count). The SMILES string of the molecule is CN1CCN2CCN(C(=O)c3cscn3)C[C@H]2C1=O. The van der Waals surface area contributed by atoms with Crippen LogP contribution in [0.2, 0.25) is 0 Å². The smallest absolute Gasteiger partial charge is 0.273 e. The van der Waals surface area contributed by atoms with Gasteiger partial charge in [-0.25, -0.2) is 4.98 Å². The van der Waals surface area contributed by atoms with Crippen LogP contribution in [0.5, 0.6) is 0 Å². The molecule has 102 valence electrons. The van der Waals surface area contributed by atoms with Crippen molar-refractivity contribution in [2.24, 2.45) is 0 Å². The van der Waals surface area contributed by atoms with Crippen LogP contribution in [0, 0.1) is 0 Å². The molecule has 0 unspecified atom stereocenters. The van der Waals surface area contributed by atoms with Gasteiger partial charge in [-0.05, 0) is 0 Å². The Morgan fingerprint density at radius 2 is 2.16 bits per heavy atom. The summed E-state index contributed by atoms with van der Waals surface area (Å²) < 4.78 is 0. The fraction of sp³-hybridized carbons (Fsp3) is 0.583. The number of thiazole rings is 1. The van der Waals surface area contributed by atoms with Crippen molar-refractivity contribution < 1.29 is 9.59 Å². The number of carbonyl (C=O) groups is 2. The van der Waals surface area contributed by atoms with Crippen LogP contribution < -0.4 is 0 Å². The first kappa shape index (κ1) is 12.6. The molecule has 19 heavy (non-hydrogen) atoms. The summed E-state index contributed by atoms with van der Waals surface area (Å²) in [4.78, 5) is 34.1. The van der Waals surface area contributed by atoms with Crippen molar-refractivity contribution in [3.8, 4) is 0 Å². The van der Waals surface area contributed by atoms with Crippen LogP contribution in [0.1, 0.15) is 10.5 Å². The highest BCUT2D eigenvalue weighted by Gasteiger charge is 2.38. The van der Waals surface area contributed by atoms with E-state index < -0.39 is 0 Å². The molecule has 0 saturated carbocycles. The predicted molar refractivity (Wildman–Crippen MR) is 71.0 cm³/mol. The second kappa shape index (κ2) is 4.90. The zero-order chi connectivity index (χ0) is 13.4. The van der Waals surface area contributed by atoms with Crippen molar-refractivity contribution >= 4 is 23.2 Å². The normalized spacial score (nSPS) is 24.5. The van der Waals surface area contributed by atoms with E-state index in [1.807, 2.05) is 7.05 Å². The lowest BCUT2D eigenvalue weighted by molar-refractivity contribution is -0.142. The molecule has 1 aromatic rings. The molecule has 2 aliphatic heterocycles. The van der Waals surface area contributed by atoms with Gasteiger partial charge in [0.05, 0.1) is 5.51 Å². The van der Waals surface area contributed by atoms with E-state index in [0.29, 0.717) is 18.8 Å². The van der Waals surface area contributed by atoms with E-state index in [1.165, 1.54) is 11.3 Å². The van der Waals surface area contributed by atoms with Gasteiger partial charge in [-0.2, -0.15) is 0 Å². The van der Waals surface area contributed by atoms with Crippen molar-refractivity contribution in [1.82, 2.24) is 19.7 Å². The zero-order valence-corrected chi connectivity index (χ0v) is 11.6. The van der Waals surface area contributed by atoms with Gasteiger partial charge in [0.25, 0.3) is 5.91 Å². The maximum Gasteiger partial charge on any atom is 0.273 e. The van der Waals surface area contributed by atoms with Gasteiger partial charge in [0, 0.05) is 45.2 Å². The number of piperazine rings is 2. The highest BCUT2D eigenvalue weighted by Crippen LogP contribution is 2.17. The van der Waals surface area contributed by atoms with E-state index in [2.05, 4.69) is 9.88 Å². The highest BCUT2D eigenvalue weighted by atomic mass is 32.1. The van der Waals surface area contributed by atoms with Crippen molar-refractivity contribution in [3.63, 3.8) is 0 Å². The van der Waals surface area contributed by atoms with E-state index in [1.54, 1.807) is 20.7 Å². The Balaban J connectivity index is 1.74. The van der Waals surface area contributed by atoms with Crippen molar-refractivity contribution in [2.45, 2.75) is 6.04 Å². The predicted octanol–water partition coefficient (Wildman–Crippen LogP) is -0.259. The fourth-order valence-electron chi connectivity index (χ4n) is 2.63. The van der Waals surface area contributed by atoms with Crippen LogP contribution in [-0.2, 0) is 4.79 Å². The first-order valence-electron chi connectivity index (χ1n) is 6.33. The van der Waals surface area contributed by atoms with Gasteiger partial charge >= 0.3 is 0 Å². The molecule has 6 nitrogen and oxygen atoms in total. The average Bonchev–Trinajstić information content (AvgIpc) is 2.96. The molecule has 0 N–H and O–H groups in total. The summed E-state index contributed by atoms with van der Waals surface area (Å²) in [5.41, 5.74) is 2.14. The molecule has 1 atom stereocenters. The number of fused-ring (bicyclic) bond motifs is 1. The van der Waals surface area contributed by atoms with Gasteiger partial charge in [0.1, 0.15) is 11.7 Å². The second-order valence-electron chi connectivity index (χ2n) is 4.94. The highest BCUT2D eigenvalue weighted by molar-refractivity contribution is 7.07. The van der Waals surface area contributed by atoms with E-state index in [4.69, 9.17) is 0 Å². The Labute approximate surface area is 115 Å². The van der Waals surface area contributed by atoms with Gasteiger partial charge in [-0.1, -0.05) is 0 Å². The van der Waals surface area contributed by atoms with Gasteiger partial charge in [-0.15, -0.1) is 11.3 Å². The number of rotatable bonds is 1. The molecule has 2 saturated heterocycles. The topological polar surface area (TPSA) is 56.8 Å². The summed E-state index contributed by atoms with van der Waals surface area (Å²) in [5, 5.41) is 1.75. The molecule has 2 amide bonds. The lowest BCUT2D eigenvalue weighted by atomic mass is 10.1. The summed E-state index contributed by atoms with van der Waals surface area (Å²) in [6, 6.07) is -0.185. The monoisotopic (exact) mass is 280 g/mol. The third-order valence-electron chi connectivity index (χ3n) is 3.81. The molecule has 2 aliphatic rings. The maximum atomic E-state index is 12.3. The lowest BCUT2D eigenvalue weighted by Crippen LogP contribution is -2.64. The third kappa shape index (κ3) is 2.23. The minimum absolute atomic E-state index is 0.0677. The Morgan fingerprint density at radius 1 is 1.37 bits per heavy atom. The molecule has 0 spiro atoms. The van der Waals surface area contributed by atoms with Crippen molar-refractivity contribution in [3.05, 3.63) is 16.6 Å². The summed E-state index contributed by atoms with van der Waals surface area (Å²) in [7, 11) is 1.82. The number of likely N-dealkylation sites (N-methyl/N-ethyl adjacent to an activating group) is 1. The van der Waals surface area contributed by atoms with Gasteiger partial charge in [0.2, 0.25) is 5.91 Å². The standard InChI is InChI=1S/C12H16N4O2S/c1-14-2-3-15-4-5-16(6-10(15)12(14)18)11(17)9-7-19-8-13-9/h7-8,10H,2-6H2,1H3/t10-/m0/s1. The number of hydrogen-bond acceptors (Lipinski definition) is 5. The maximum absolute atomic E-state index is 12.3. The molecular weight excluding hydrogens is 264 g/mol. The molecule has 0 aliphatic carbocycles. The van der Waals surface area contributed by atoms with Crippen LogP contribution in [0.4, 0.5) is 0 Å². The van der Waals surface area contributed by atoms with Crippen LogP contribution in [-0.4, -0.2) is 77.3 Å². The number of amides is 2. The van der Waals surface area contributed by atoms with E-state index in [9.17, 15) is 9.59 Å². The minimum Gasteiger partial charge on any atom is -0.343 e. The van der Waals surface area contributed by atoms with Gasteiger partial charge < -0.3 is 9.80 Å². The third-order valence-corrected chi connectivity index (χ3v) is 4.40. The number of aromatic nitrogens is 1. The minimum atomic E-state index is -0.185. The Bertz CT molecular complexity index is 490. The molecule has 0 radical (unpaired) electrons. The molecule has 7 heteroatoms. The fourth-order valence-corrected chi connectivity index (χ4v) is 3.16. The van der Waals surface area contributed by atoms with Crippen molar-refractivity contribution in [2.75, 3.05) is 39.8 Å². The number of nitrogens with zero attached hydrogens (tertiary/aromatic N) is 4. The molecule has 0 bridgehead atoms. The molecule has 2 fully saturated rings. The molecule has 1 aromatic heterocycles. The first-order chi connectivity index (χ1) is 9.16. The molecular formula is C12H16N4O2S. The number of carbonyl (C=O) groups excluding carboxylic acids is 2. The largest absolute Gasteiger partial charge is 0.343 e. The number of hydrogen-bond donors (Lipinski definition) is 0. The summed E-state index contributed by atoms with van der Waals surface area (Å²) in [6.45, 7) is 3.57. The summed E-state index contributed by atoms with van der Waals surface area (Å²) in [5.74, 6) is 0.0453. The van der Waals surface area contributed by atoms with Crippen LogP contribution in [0.25, 0.3) is 0 Å². The first-order valence-corrected chi connectivity index (χ1v) is 7.27. The van der Waals surface area contributed by atoms with Gasteiger partial charge in [0.15, 0.2) is 0 Å². The van der Waals surface area contributed by atoms with Crippen LogP contribution in [0.3, 0.4) is 0 Å². The quantitative estimate of drug-likeness (QED) is 0.711. The average molecular weight is 280 g/mol. The van der Waals surface area contributed by atoms with E-state index >= 15 is 0 Å². The molecule has 0 aromatic carbocycles. The lowest BCUT2D eigenvalue weighted by Gasteiger charge is -2.45. The summed E-state index contributed by atoms with van der Waals surface area (Å²) in [6.07, 6.45) is 0. The van der Waals surface area contributed by atoms with E-state index in [0.717, 1.165) is 19.6 Å². The Hall–Kier alpha value is -1.47. The van der Waals surface area contributed by atoms with Crippen LogP contribution >= 0.6 is 11.3 Å². The van der Waals surface area contributed by atoms with E-state index in [-0.39, 0.29) is 17.9 Å². The second-order valence-corrected chi connectivity index (χ2v) is 5.66. The van der Waals surface area contributed by atoms with Crippen LogP contribution in [0.15, 0.2) is 10.9 Å². The molecule has 3 heterocycles. The summed E-state index contributed by atoms with van der Waals surface area (Å²) >= 11 is 1.41.